The first-order valence-corrected chi connectivity index (χ1v) is 4.92. The Morgan fingerprint density at radius 2 is 2.13 bits per heavy atom. The number of para-hydroxylation sites is 1. The third-order valence-electron chi connectivity index (χ3n) is 1.91. The Morgan fingerprint density at radius 1 is 1.40 bits per heavy atom. The Morgan fingerprint density at radius 3 is 2.73 bits per heavy atom. The molecule has 0 fully saturated rings. The monoisotopic (exact) mass is 265 g/mol. The summed E-state index contributed by atoms with van der Waals surface area (Å²) < 4.78 is 15.2. The fourth-order valence-electron chi connectivity index (χ4n) is 1.20. The molecule has 1 aromatic heterocycles. The molecule has 0 spiro atoms. The van der Waals surface area contributed by atoms with Crippen molar-refractivity contribution in [2.75, 3.05) is 0 Å². The molecule has 0 aliphatic carbocycles. The normalized spacial score (nSPS) is 9.93. The van der Waals surface area contributed by atoms with E-state index >= 15 is 0 Å². The summed E-state index contributed by atoms with van der Waals surface area (Å²) in [5, 5.41) is 12.6. The Hall–Kier alpha value is -1.67. The summed E-state index contributed by atoms with van der Waals surface area (Å²) in [4.78, 5) is 0. The Balaban J connectivity index is 2.61. The van der Waals surface area contributed by atoms with Gasteiger partial charge in [0.05, 0.1) is 6.20 Å². The van der Waals surface area contributed by atoms with Gasteiger partial charge in [0.1, 0.15) is 27.7 Å². The molecule has 15 heavy (non-hydrogen) atoms. The molecule has 0 unspecified atom stereocenters. The highest BCUT2D eigenvalue weighted by Gasteiger charge is 2.11. The van der Waals surface area contributed by atoms with Gasteiger partial charge in [0.15, 0.2) is 0 Å². The van der Waals surface area contributed by atoms with E-state index in [4.69, 9.17) is 5.26 Å². The number of rotatable bonds is 1. The number of nitrogens with zero attached hydrogens (tertiary/aromatic N) is 3. The van der Waals surface area contributed by atoms with Crippen LogP contribution in [0, 0.1) is 17.1 Å². The standard InChI is InChI=1S/C10H5BrFN3/c11-10-7(5-13)6-14-15(10)9-4-2-1-3-8(9)12/h1-4,6H. The summed E-state index contributed by atoms with van der Waals surface area (Å²) in [5.74, 6) is -0.384. The average Bonchev–Trinajstić information content (AvgIpc) is 2.60. The lowest BCUT2D eigenvalue weighted by molar-refractivity contribution is 0.609. The molecule has 3 nitrogen and oxygen atoms in total. The molecule has 74 valence electrons. The first-order chi connectivity index (χ1) is 7.24. The lowest BCUT2D eigenvalue weighted by Gasteiger charge is -2.03. The van der Waals surface area contributed by atoms with Crippen LogP contribution in [0.3, 0.4) is 0 Å². The fraction of sp³-hybridized carbons (Fsp3) is 0. The number of hydrogen-bond acceptors (Lipinski definition) is 2. The van der Waals surface area contributed by atoms with Crippen molar-refractivity contribution in [1.82, 2.24) is 9.78 Å². The maximum absolute atomic E-state index is 13.4. The second kappa shape index (κ2) is 3.83. The first-order valence-electron chi connectivity index (χ1n) is 4.12. The van der Waals surface area contributed by atoms with Crippen LogP contribution in [-0.4, -0.2) is 9.78 Å². The van der Waals surface area contributed by atoms with Crippen LogP contribution in [0.5, 0.6) is 0 Å². The van der Waals surface area contributed by atoms with Crippen molar-refractivity contribution in [1.29, 1.82) is 5.26 Å². The number of benzene rings is 1. The second-order valence-corrected chi connectivity index (χ2v) is 3.58. The zero-order chi connectivity index (χ0) is 10.8. The lowest BCUT2D eigenvalue weighted by atomic mass is 10.3. The Bertz CT molecular complexity index is 542. The minimum atomic E-state index is -0.384. The molecule has 0 radical (unpaired) electrons. The topological polar surface area (TPSA) is 41.6 Å². The number of hydrogen-bond donors (Lipinski definition) is 0. The van der Waals surface area contributed by atoms with Gasteiger partial charge in [0.25, 0.3) is 0 Å². The third kappa shape index (κ3) is 1.64. The van der Waals surface area contributed by atoms with Gasteiger partial charge in [-0.05, 0) is 28.1 Å². The second-order valence-electron chi connectivity index (χ2n) is 2.82. The van der Waals surface area contributed by atoms with Crippen LogP contribution in [0.2, 0.25) is 0 Å². The van der Waals surface area contributed by atoms with Gasteiger partial charge in [-0.2, -0.15) is 10.4 Å². The molecule has 0 bridgehead atoms. The average molecular weight is 266 g/mol. The molecular formula is C10H5BrFN3. The van der Waals surface area contributed by atoms with Gasteiger partial charge in [0.2, 0.25) is 0 Å². The zero-order valence-corrected chi connectivity index (χ0v) is 9.07. The van der Waals surface area contributed by atoms with Crippen LogP contribution in [0.25, 0.3) is 5.69 Å². The quantitative estimate of drug-likeness (QED) is 0.796. The zero-order valence-electron chi connectivity index (χ0n) is 7.48. The van der Waals surface area contributed by atoms with Gasteiger partial charge < -0.3 is 0 Å². The molecule has 2 rings (SSSR count). The number of halogens is 2. The summed E-state index contributed by atoms with van der Waals surface area (Å²) in [6.45, 7) is 0. The Labute approximate surface area is 93.9 Å². The molecular weight excluding hydrogens is 261 g/mol. The van der Waals surface area contributed by atoms with E-state index in [-0.39, 0.29) is 5.82 Å². The summed E-state index contributed by atoms with van der Waals surface area (Å²) >= 11 is 3.19. The van der Waals surface area contributed by atoms with Gasteiger partial charge in [-0.1, -0.05) is 12.1 Å². The van der Waals surface area contributed by atoms with Crippen molar-refractivity contribution < 1.29 is 4.39 Å². The van der Waals surface area contributed by atoms with E-state index in [2.05, 4.69) is 21.0 Å². The van der Waals surface area contributed by atoms with Gasteiger partial charge in [0, 0.05) is 0 Å². The molecule has 1 heterocycles. The van der Waals surface area contributed by atoms with Gasteiger partial charge >= 0.3 is 0 Å². The molecule has 0 aliphatic heterocycles. The minimum absolute atomic E-state index is 0.311. The summed E-state index contributed by atoms with van der Waals surface area (Å²) in [6, 6.07) is 8.19. The van der Waals surface area contributed by atoms with Crippen LogP contribution in [-0.2, 0) is 0 Å². The highest BCUT2D eigenvalue weighted by atomic mass is 79.9. The van der Waals surface area contributed by atoms with Crippen LogP contribution >= 0.6 is 15.9 Å². The van der Waals surface area contributed by atoms with Crippen molar-refractivity contribution >= 4 is 15.9 Å². The maximum Gasteiger partial charge on any atom is 0.148 e. The number of aromatic nitrogens is 2. The highest BCUT2D eigenvalue weighted by molar-refractivity contribution is 9.10. The SMILES string of the molecule is N#Cc1cnn(-c2ccccc2F)c1Br. The maximum atomic E-state index is 13.4. The largest absolute Gasteiger partial charge is 0.222 e. The van der Waals surface area contributed by atoms with Crippen LogP contribution < -0.4 is 0 Å². The van der Waals surface area contributed by atoms with E-state index in [1.807, 2.05) is 6.07 Å². The minimum Gasteiger partial charge on any atom is -0.222 e. The first kappa shape index (κ1) is 9.87. The molecule has 5 heteroatoms. The molecule has 0 atom stereocenters. The van der Waals surface area contributed by atoms with E-state index in [9.17, 15) is 4.39 Å². The van der Waals surface area contributed by atoms with Gasteiger partial charge in [-0.25, -0.2) is 9.07 Å². The predicted octanol–water partition coefficient (Wildman–Crippen LogP) is 2.65. The van der Waals surface area contributed by atoms with E-state index < -0.39 is 0 Å². The van der Waals surface area contributed by atoms with Crippen molar-refractivity contribution in [3.8, 4) is 11.8 Å². The predicted molar refractivity (Wildman–Crippen MR) is 55.9 cm³/mol. The molecule has 0 aliphatic rings. The van der Waals surface area contributed by atoms with Crippen molar-refractivity contribution in [3.05, 3.63) is 46.4 Å². The third-order valence-corrected chi connectivity index (χ3v) is 2.67. The summed E-state index contributed by atoms with van der Waals surface area (Å²) in [6.07, 6.45) is 1.39. The molecule has 1 aromatic carbocycles. The molecule has 0 N–H and O–H groups in total. The van der Waals surface area contributed by atoms with Crippen molar-refractivity contribution in [2.24, 2.45) is 0 Å². The molecule has 2 aromatic rings. The molecule has 0 amide bonds. The van der Waals surface area contributed by atoms with E-state index in [1.54, 1.807) is 18.2 Å². The van der Waals surface area contributed by atoms with Crippen LogP contribution in [0.4, 0.5) is 4.39 Å². The smallest absolute Gasteiger partial charge is 0.148 e. The van der Waals surface area contributed by atoms with Crippen LogP contribution in [0.1, 0.15) is 5.56 Å². The van der Waals surface area contributed by atoms with Crippen molar-refractivity contribution in [2.45, 2.75) is 0 Å². The van der Waals surface area contributed by atoms with Crippen LogP contribution in [0.15, 0.2) is 35.1 Å². The summed E-state index contributed by atoms with van der Waals surface area (Å²) in [5.41, 5.74) is 0.684. The van der Waals surface area contributed by atoms with E-state index in [0.29, 0.717) is 15.9 Å². The van der Waals surface area contributed by atoms with E-state index in [1.165, 1.54) is 16.9 Å². The molecule has 0 saturated heterocycles. The molecule has 0 saturated carbocycles. The van der Waals surface area contributed by atoms with E-state index in [0.717, 1.165) is 0 Å². The van der Waals surface area contributed by atoms with Crippen molar-refractivity contribution in [3.63, 3.8) is 0 Å². The van der Waals surface area contributed by atoms with Gasteiger partial charge in [-0.3, -0.25) is 0 Å². The summed E-state index contributed by atoms with van der Waals surface area (Å²) in [7, 11) is 0. The lowest BCUT2D eigenvalue weighted by Crippen LogP contribution is -1.99. The fourth-order valence-corrected chi connectivity index (χ4v) is 1.67. The highest BCUT2D eigenvalue weighted by Crippen LogP contribution is 2.21. The Kier molecular flexibility index (Phi) is 2.52. The number of nitriles is 1. The van der Waals surface area contributed by atoms with Gasteiger partial charge in [-0.15, -0.1) is 0 Å².